The number of nitrogens with one attached hydrogen (secondary N) is 1. The zero-order valence-electron chi connectivity index (χ0n) is 12.6. The average molecular weight is 251 g/mol. The van der Waals surface area contributed by atoms with Gasteiger partial charge in [0.15, 0.2) is 0 Å². The predicted molar refractivity (Wildman–Crippen MR) is 76.4 cm³/mol. The van der Waals surface area contributed by atoms with Crippen molar-refractivity contribution >= 4 is 0 Å². The van der Waals surface area contributed by atoms with Crippen LogP contribution in [0.5, 0.6) is 0 Å². The summed E-state index contributed by atoms with van der Waals surface area (Å²) >= 11 is 0. The van der Waals surface area contributed by atoms with E-state index in [-0.39, 0.29) is 5.54 Å². The lowest BCUT2D eigenvalue weighted by Gasteiger charge is -2.41. The predicted octanol–water partition coefficient (Wildman–Crippen LogP) is 2.78. The summed E-state index contributed by atoms with van der Waals surface area (Å²) in [5.74, 6) is 0. The molecule has 0 spiro atoms. The highest BCUT2D eigenvalue weighted by molar-refractivity contribution is 5.11. The van der Waals surface area contributed by atoms with Crippen LogP contribution in [0.2, 0.25) is 0 Å². The molecular weight excluding hydrogens is 222 g/mol. The number of likely N-dealkylation sites (N-methyl/N-ethyl adjacent to an activating group) is 1. The molecule has 1 aliphatic carbocycles. The molecule has 18 heavy (non-hydrogen) atoms. The highest BCUT2D eigenvalue weighted by Gasteiger charge is 2.39. The van der Waals surface area contributed by atoms with Gasteiger partial charge in [0.05, 0.1) is 6.07 Å². The van der Waals surface area contributed by atoms with E-state index in [0.717, 1.165) is 39.0 Å². The molecule has 1 aliphatic rings. The van der Waals surface area contributed by atoms with E-state index in [1.165, 1.54) is 12.8 Å². The molecule has 0 heterocycles. The smallest absolute Gasteiger partial charge is 0.107 e. The molecule has 0 aromatic heterocycles. The molecule has 104 valence electrons. The van der Waals surface area contributed by atoms with Gasteiger partial charge >= 0.3 is 0 Å². The molecule has 0 radical (unpaired) electrons. The number of nitriles is 1. The molecule has 0 aliphatic heterocycles. The standard InChI is InChI=1S/C15H29N3/c1-5-18(6-2)11-10-17-15(13-16)9-7-8-14(3,4)12-15/h17H,5-12H2,1-4H3. The van der Waals surface area contributed by atoms with Crippen molar-refractivity contribution < 1.29 is 0 Å². The lowest BCUT2D eigenvalue weighted by Crippen LogP contribution is -2.51. The molecule has 0 aromatic carbocycles. The SMILES string of the molecule is CCN(CC)CCNC1(C#N)CCCC(C)(C)C1. The fourth-order valence-electron chi connectivity index (χ4n) is 3.14. The van der Waals surface area contributed by atoms with Gasteiger partial charge in [-0.25, -0.2) is 0 Å². The fourth-order valence-corrected chi connectivity index (χ4v) is 3.14. The normalized spacial score (nSPS) is 27.1. The van der Waals surface area contributed by atoms with Gasteiger partial charge in [0, 0.05) is 13.1 Å². The first-order chi connectivity index (χ1) is 8.47. The first kappa shape index (κ1) is 15.5. The Labute approximate surface area is 113 Å². The van der Waals surface area contributed by atoms with E-state index >= 15 is 0 Å². The van der Waals surface area contributed by atoms with E-state index < -0.39 is 0 Å². The molecule has 3 heteroatoms. The summed E-state index contributed by atoms with van der Waals surface area (Å²) in [6, 6.07) is 2.55. The minimum atomic E-state index is -0.283. The monoisotopic (exact) mass is 251 g/mol. The maximum atomic E-state index is 9.53. The van der Waals surface area contributed by atoms with Crippen LogP contribution in [0.15, 0.2) is 0 Å². The van der Waals surface area contributed by atoms with Crippen molar-refractivity contribution in [2.45, 2.75) is 58.9 Å². The van der Waals surface area contributed by atoms with Crippen LogP contribution in [0.1, 0.15) is 53.4 Å². The second-order valence-corrected chi connectivity index (χ2v) is 6.34. The third-order valence-electron chi connectivity index (χ3n) is 4.24. The molecule has 1 unspecified atom stereocenters. The second kappa shape index (κ2) is 6.54. The summed E-state index contributed by atoms with van der Waals surface area (Å²) in [6.07, 6.45) is 4.40. The van der Waals surface area contributed by atoms with Crippen LogP contribution in [-0.4, -0.2) is 36.6 Å². The quantitative estimate of drug-likeness (QED) is 0.789. The van der Waals surface area contributed by atoms with Gasteiger partial charge in [-0.1, -0.05) is 34.1 Å². The van der Waals surface area contributed by atoms with Gasteiger partial charge in [0.2, 0.25) is 0 Å². The van der Waals surface area contributed by atoms with Crippen molar-refractivity contribution in [1.82, 2.24) is 10.2 Å². The van der Waals surface area contributed by atoms with Gasteiger partial charge in [-0.05, 0) is 37.8 Å². The Morgan fingerprint density at radius 1 is 1.22 bits per heavy atom. The molecular formula is C15H29N3. The van der Waals surface area contributed by atoms with Gasteiger partial charge < -0.3 is 4.90 Å². The second-order valence-electron chi connectivity index (χ2n) is 6.34. The molecule has 1 N–H and O–H groups in total. The highest BCUT2D eigenvalue weighted by atomic mass is 15.1. The average Bonchev–Trinajstić information content (AvgIpc) is 2.33. The van der Waals surface area contributed by atoms with Crippen molar-refractivity contribution in [2.24, 2.45) is 5.41 Å². The zero-order chi connectivity index (χ0) is 13.6. The first-order valence-corrected chi connectivity index (χ1v) is 7.35. The van der Waals surface area contributed by atoms with Gasteiger partial charge in [0.25, 0.3) is 0 Å². The summed E-state index contributed by atoms with van der Waals surface area (Å²) in [5, 5.41) is 13.1. The Balaban J connectivity index is 2.49. The summed E-state index contributed by atoms with van der Waals surface area (Å²) in [4.78, 5) is 2.39. The summed E-state index contributed by atoms with van der Waals surface area (Å²) in [7, 11) is 0. The summed E-state index contributed by atoms with van der Waals surface area (Å²) < 4.78 is 0. The van der Waals surface area contributed by atoms with Crippen LogP contribution < -0.4 is 5.32 Å². The molecule has 1 fully saturated rings. The molecule has 0 aromatic rings. The lowest BCUT2D eigenvalue weighted by molar-refractivity contribution is 0.153. The molecule has 0 amide bonds. The van der Waals surface area contributed by atoms with E-state index in [1.54, 1.807) is 0 Å². The Bertz CT molecular complexity index is 289. The summed E-state index contributed by atoms with van der Waals surface area (Å²) in [5.41, 5.74) is 0.0189. The molecule has 1 saturated carbocycles. The van der Waals surface area contributed by atoms with Crippen molar-refractivity contribution in [1.29, 1.82) is 5.26 Å². The minimum absolute atomic E-state index is 0.283. The van der Waals surface area contributed by atoms with E-state index in [9.17, 15) is 5.26 Å². The van der Waals surface area contributed by atoms with Crippen molar-refractivity contribution in [3.05, 3.63) is 0 Å². The Morgan fingerprint density at radius 2 is 1.89 bits per heavy atom. The molecule has 1 rings (SSSR count). The maximum absolute atomic E-state index is 9.53. The van der Waals surface area contributed by atoms with Crippen molar-refractivity contribution in [3.8, 4) is 6.07 Å². The van der Waals surface area contributed by atoms with Crippen molar-refractivity contribution in [3.63, 3.8) is 0 Å². The Morgan fingerprint density at radius 3 is 2.39 bits per heavy atom. The van der Waals surface area contributed by atoms with Gasteiger partial charge in [-0.15, -0.1) is 0 Å². The van der Waals surface area contributed by atoms with Crippen LogP contribution in [-0.2, 0) is 0 Å². The lowest BCUT2D eigenvalue weighted by atomic mass is 9.68. The van der Waals surface area contributed by atoms with Crippen molar-refractivity contribution in [2.75, 3.05) is 26.2 Å². The molecule has 0 bridgehead atoms. The Kier molecular flexibility index (Phi) is 5.62. The third kappa shape index (κ3) is 4.26. The topological polar surface area (TPSA) is 39.1 Å². The maximum Gasteiger partial charge on any atom is 0.107 e. The zero-order valence-corrected chi connectivity index (χ0v) is 12.6. The van der Waals surface area contributed by atoms with Crippen LogP contribution in [0.3, 0.4) is 0 Å². The third-order valence-corrected chi connectivity index (χ3v) is 4.24. The van der Waals surface area contributed by atoms with Gasteiger partial charge in [-0.2, -0.15) is 5.26 Å². The molecule has 0 saturated heterocycles. The number of rotatable bonds is 6. The van der Waals surface area contributed by atoms with E-state index in [2.05, 4.69) is 44.0 Å². The largest absolute Gasteiger partial charge is 0.303 e. The van der Waals surface area contributed by atoms with E-state index in [0.29, 0.717) is 5.41 Å². The van der Waals surface area contributed by atoms with E-state index in [1.807, 2.05) is 0 Å². The van der Waals surface area contributed by atoms with Crippen LogP contribution in [0, 0.1) is 16.7 Å². The highest BCUT2D eigenvalue weighted by Crippen LogP contribution is 2.40. The minimum Gasteiger partial charge on any atom is -0.303 e. The Hall–Kier alpha value is -0.590. The van der Waals surface area contributed by atoms with Crippen LogP contribution in [0.4, 0.5) is 0 Å². The number of hydrogen-bond acceptors (Lipinski definition) is 3. The van der Waals surface area contributed by atoms with Crippen LogP contribution in [0.25, 0.3) is 0 Å². The van der Waals surface area contributed by atoms with Gasteiger partial charge in [-0.3, -0.25) is 5.32 Å². The fraction of sp³-hybridized carbons (Fsp3) is 0.933. The number of hydrogen-bond donors (Lipinski definition) is 1. The van der Waals surface area contributed by atoms with E-state index in [4.69, 9.17) is 0 Å². The van der Waals surface area contributed by atoms with Gasteiger partial charge in [0.1, 0.15) is 5.54 Å². The molecule has 3 nitrogen and oxygen atoms in total. The molecule has 1 atom stereocenters. The van der Waals surface area contributed by atoms with Crippen LogP contribution >= 0.6 is 0 Å². The summed E-state index contributed by atoms with van der Waals surface area (Å²) in [6.45, 7) is 13.1. The first-order valence-electron chi connectivity index (χ1n) is 7.35. The number of nitrogens with zero attached hydrogens (tertiary/aromatic N) is 2.